The average molecular weight is 271 g/mol. The van der Waals surface area contributed by atoms with Crippen LogP contribution in [0.3, 0.4) is 0 Å². The zero-order valence-corrected chi connectivity index (χ0v) is 11.3. The van der Waals surface area contributed by atoms with Gasteiger partial charge in [-0.15, -0.1) is 0 Å². The van der Waals surface area contributed by atoms with Crippen LogP contribution in [0.2, 0.25) is 0 Å². The molecule has 1 aromatic carbocycles. The van der Waals surface area contributed by atoms with Gasteiger partial charge in [-0.1, -0.05) is 19.1 Å². The number of carbonyl (C=O) groups is 1. The third-order valence-electron chi connectivity index (χ3n) is 2.24. The van der Waals surface area contributed by atoms with Crippen molar-refractivity contribution in [3.63, 3.8) is 0 Å². The van der Waals surface area contributed by atoms with E-state index in [4.69, 9.17) is 10.5 Å². The summed E-state index contributed by atoms with van der Waals surface area (Å²) in [5, 5.41) is 0. The van der Waals surface area contributed by atoms with E-state index < -0.39 is 15.8 Å². The van der Waals surface area contributed by atoms with E-state index in [-0.39, 0.29) is 23.6 Å². The van der Waals surface area contributed by atoms with Crippen molar-refractivity contribution in [2.45, 2.75) is 19.1 Å². The first-order valence-corrected chi connectivity index (χ1v) is 7.63. The largest absolute Gasteiger partial charge is 0.462 e. The van der Waals surface area contributed by atoms with Gasteiger partial charge in [-0.2, -0.15) is 0 Å². The number of carbonyl (C=O) groups excluding carboxylic acids is 1. The molecule has 0 aliphatic heterocycles. The molecular formula is C12H17NO4S. The number of nitrogen functional groups attached to an aromatic ring is 1. The monoisotopic (exact) mass is 271 g/mol. The van der Waals surface area contributed by atoms with Crippen molar-refractivity contribution in [3.8, 4) is 0 Å². The highest BCUT2D eigenvalue weighted by Crippen LogP contribution is 2.20. The van der Waals surface area contributed by atoms with Gasteiger partial charge in [-0.25, -0.2) is 13.2 Å². The molecule has 0 aliphatic rings. The zero-order valence-electron chi connectivity index (χ0n) is 10.5. The fraction of sp³-hybridized carbons (Fsp3) is 0.417. The van der Waals surface area contributed by atoms with Gasteiger partial charge in [0.15, 0.2) is 9.84 Å². The Balaban J connectivity index is 3.12. The molecular weight excluding hydrogens is 254 g/mol. The van der Waals surface area contributed by atoms with E-state index in [0.29, 0.717) is 12.0 Å². The Hall–Kier alpha value is -1.56. The van der Waals surface area contributed by atoms with Crippen LogP contribution >= 0.6 is 0 Å². The maximum atomic E-state index is 11.8. The minimum absolute atomic E-state index is 0.149. The molecule has 0 heterocycles. The summed E-state index contributed by atoms with van der Waals surface area (Å²) in [4.78, 5) is 11.8. The highest BCUT2D eigenvalue weighted by atomic mass is 32.2. The van der Waals surface area contributed by atoms with Gasteiger partial charge in [-0.05, 0) is 18.1 Å². The second kappa shape index (κ2) is 5.86. The van der Waals surface area contributed by atoms with E-state index in [1.807, 2.05) is 6.92 Å². The molecule has 0 aliphatic carbocycles. The van der Waals surface area contributed by atoms with Gasteiger partial charge in [-0.3, -0.25) is 0 Å². The van der Waals surface area contributed by atoms with Crippen LogP contribution in [-0.4, -0.2) is 27.2 Å². The Kier molecular flexibility index (Phi) is 4.72. The summed E-state index contributed by atoms with van der Waals surface area (Å²) in [6.45, 7) is 2.16. The molecule has 0 saturated carbocycles. The van der Waals surface area contributed by atoms with E-state index in [2.05, 4.69) is 0 Å². The van der Waals surface area contributed by atoms with Crippen molar-refractivity contribution < 1.29 is 17.9 Å². The molecule has 5 nitrogen and oxygen atoms in total. The lowest BCUT2D eigenvalue weighted by atomic mass is 10.1. The van der Waals surface area contributed by atoms with Crippen LogP contribution in [0.15, 0.2) is 18.2 Å². The van der Waals surface area contributed by atoms with Crippen molar-refractivity contribution >= 4 is 21.5 Å². The molecule has 0 radical (unpaired) electrons. The first-order valence-electron chi connectivity index (χ1n) is 5.57. The SMILES string of the molecule is CCCOC(=O)c1c(N)cccc1CS(C)(=O)=O. The second-order valence-corrected chi connectivity index (χ2v) is 6.23. The Morgan fingerprint density at radius 2 is 2.06 bits per heavy atom. The third-order valence-corrected chi connectivity index (χ3v) is 3.08. The van der Waals surface area contributed by atoms with Gasteiger partial charge in [0, 0.05) is 11.9 Å². The summed E-state index contributed by atoms with van der Waals surface area (Å²) in [5.74, 6) is -0.803. The molecule has 0 atom stereocenters. The van der Waals surface area contributed by atoms with Crippen LogP contribution in [0.1, 0.15) is 29.3 Å². The maximum Gasteiger partial charge on any atom is 0.340 e. The van der Waals surface area contributed by atoms with Gasteiger partial charge < -0.3 is 10.5 Å². The molecule has 0 fully saturated rings. The minimum atomic E-state index is -3.23. The Labute approximate surface area is 107 Å². The van der Waals surface area contributed by atoms with Gasteiger partial charge >= 0.3 is 5.97 Å². The average Bonchev–Trinajstić information content (AvgIpc) is 2.24. The molecule has 0 bridgehead atoms. The van der Waals surface area contributed by atoms with E-state index in [1.54, 1.807) is 18.2 Å². The van der Waals surface area contributed by atoms with Gasteiger partial charge in [0.1, 0.15) is 0 Å². The lowest BCUT2D eigenvalue weighted by Gasteiger charge is -2.11. The van der Waals surface area contributed by atoms with Crippen LogP contribution in [0.25, 0.3) is 0 Å². The van der Waals surface area contributed by atoms with Gasteiger partial charge in [0.25, 0.3) is 0 Å². The van der Waals surface area contributed by atoms with Gasteiger partial charge in [0.05, 0.1) is 17.9 Å². The second-order valence-electron chi connectivity index (χ2n) is 4.09. The summed E-state index contributed by atoms with van der Waals surface area (Å²) in [7, 11) is -3.23. The van der Waals surface area contributed by atoms with Crippen LogP contribution in [-0.2, 0) is 20.3 Å². The highest BCUT2D eigenvalue weighted by molar-refractivity contribution is 7.89. The standard InChI is InChI=1S/C12H17NO4S/c1-3-7-17-12(14)11-9(8-18(2,15)16)5-4-6-10(11)13/h4-6H,3,7-8,13H2,1-2H3. The smallest absolute Gasteiger partial charge is 0.340 e. The summed E-state index contributed by atoms with van der Waals surface area (Å²) >= 11 is 0. The van der Waals surface area contributed by atoms with E-state index in [0.717, 1.165) is 6.26 Å². The van der Waals surface area contributed by atoms with Crippen molar-refractivity contribution in [2.75, 3.05) is 18.6 Å². The van der Waals surface area contributed by atoms with Crippen molar-refractivity contribution in [3.05, 3.63) is 29.3 Å². The summed E-state index contributed by atoms with van der Waals surface area (Å²) in [6.07, 6.45) is 1.80. The zero-order chi connectivity index (χ0) is 13.8. The normalized spacial score (nSPS) is 11.2. The molecule has 0 unspecified atom stereocenters. The number of hydrogen-bond donors (Lipinski definition) is 1. The summed E-state index contributed by atoms with van der Waals surface area (Å²) in [5.41, 5.74) is 6.47. The number of hydrogen-bond acceptors (Lipinski definition) is 5. The first kappa shape index (κ1) is 14.5. The number of sulfone groups is 1. The lowest BCUT2D eigenvalue weighted by Crippen LogP contribution is -2.14. The molecule has 2 N–H and O–H groups in total. The lowest BCUT2D eigenvalue weighted by molar-refractivity contribution is 0.0505. The quantitative estimate of drug-likeness (QED) is 0.646. The van der Waals surface area contributed by atoms with Crippen LogP contribution < -0.4 is 5.73 Å². The van der Waals surface area contributed by atoms with E-state index >= 15 is 0 Å². The minimum Gasteiger partial charge on any atom is -0.462 e. The van der Waals surface area contributed by atoms with Gasteiger partial charge in [0.2, 0.25) is 0 Å². The number of nitrogens with two attached hydrogens (primary N) is 1. The maximum absolute atomic E-state index is 11.8. The number of anilines is 1. The Morgan fingerprint density at radius 3 is 2.61 bits per heavy atom. The number of ether oxygens (including phenoxy) is 1. The molecule has 0 saturated heterocycles. The molecule has 1 rings (SSSR count). The molecule has 18 heavy (non-hydrogen) atoms. The molecule has 0 aromatic heterocycles. The molecule has 100 valence electrons. The molecule has 0 spiro atoms. The van der Waals surface area contributed by atoms with Crippen molar-refractivity contribution in [2.24, 2.45) is 0 Å². The number of rotatable bonds is 5. The fourth-order valence-electron chi connectivity index (χ4n) is 1.54. The number of esters is 1. The highest BCUT2D eigenvalue weighted by Gasteiger charge is 2.18. The van der Waals surface area contributed by atoms with Crippen molar-refractivity contribution in [1.29, 1.82) is 0 Å². The topological polar surface area (TPSA) is 86.5 Å². The van der Waals surface area contributed by atoms with Crippen LogP contribution in [0.5, 0.6) is 0 Å². The van der Waals surface area contributed by atoms with E-state index in [9.17, 15) is 13.2 Å². The fourth-order valence-corrected chi connectivity index (χ4v) is 2.34. The number of benzene rings is 1. The van der Waals surface area contributed by atoms with Crippen LogP contribution in [0.4, 0.5) is 5.69 Å². The Bertz CT molecular complexity index is 537. The summed E-state index contributed by atoms with van der Waals surface area (Å²) < 4.78 is 27.6. The molecule has 1 aromatic rings. The van der Waals surface area contributed by atoms with Crippen LogP contribution in [0, 0.1) is 0 Å². The third kappa shape index (κ3) is 4.03. The molecule has 6 heteroatoms. The predicted octanol–water partition coefficient (Wildman–Crippen LogP) is 1.38. The Morgan fingerprint density at radius 1 is 1.39 bits per heavy atom. The summed E-state index contributed by atoms with van der Waals surface area (Å²) in [6, 6.07) is 4.74. The predicted molar refractivity (Wildman–Crippen MR) is 70.0 cm³/mol. The first-order chi connectivity index (χ1) is 8.35. The molecule has 0 amide bonds. The van der Waals surface area contributed by atoms with Crippen molar-refractivity contribution in [1.82, 2.24) is 0 Å². The van der Waals surface area contributed by atoms with E-state index in [1.165, 1.54) is 0 Å².